The number of phenolic OH excluding ortho intramolecular Hbond substituents is 1. The molecule has 0 aliphatic carbocycles. The zero-order chi connectivity index (χ0) is 13.4. The van der Waals surface area contributed by atoms with Crippen molar-refractivity contribution in [1.29, 1.82) is 0 Å². The topological polar surface area (TPSA) is 62.4 Å². The van der Waals surface area contributed by atoms with E-state index in [0.717, 1.165) is 36.1 Å². The standard InChI is InChI=1S/C15H19N3O/c1-10(16)12-5-7-18(9-12)15-14-8-13(19)3-2-11(14)4-6-17-15/h2-4,6,8,10,12,19H,5,7,9,16H2,1H3. The lowest BCUT2D eigenvalue weighted by atomic mass is 10.0. The molecule has 1 saturated heterocycles. The van der Waals surface area contributed by atoms with Crippen LogP contribution in [0.25, 0.3) is 10.8 Å². The zero-order valence-electron chi connectivity index (χ0n) is 11.1. The third kappa shape index (κ3) is 2.24. The molecule has 1 aromatic heterocycles. The van der Waals surface area contributed by atoms with E-state index in [1.54, 1.807) is 12.1 Å². The SMILES string of the molecule is CC(N)C1CCN(c2nccc3ccc(O)cc23)C1. The minimum absolute atomic E-state index is 0.216. The lowest BCUT2D eigenvalue weighted by molar-refractivity contribution is 0.476. The third-order valence-corrected chi connectivity index (χ3v) is 4.00. The number of fused-ring (bicyclic) bond motifs is 1. The van der Waals surface area contributed by atoms with E-state index in [0.29, 0.717) is 5.92 Å². The molecule has 2 heterocycles. The van der Waals surface area contributed by atoms with Gasteiger partial charge in [-0.25, -0.2) is 4.98 Å². The van der Waals surface area contributed by atoms with E-state index in [1.165, 1.54) is 0 Å². The van der Waals surface area contributed by atoms with E-state index in [1.807, 2.05) is 18.3 Å². The van der Waals surface area contributed by atoms with Crippen LogP contribution in [0.15, 0.2) is 30.5 Å². The van der Waals surface area contributed by atoms with E-state index in [9.17, 15) is 5.11 Å². The fourth-order valence-electron chi connectivity index (χ4n) is 2.80. The molecule has 0 bridgehead atoms. The van der Waals surface area contributed by atoms with Gasteiger partial charge in [0.15, 0.2) is 0 Å². The monoisotopic (exact) mass is 257 g/mol. The van der Waals surface area contributed by atoms with Gasteiger partial charge in [-0.2, -0.15) is 0 Å². The highest BCUT2D eigenvalue weighted by Gasteiger charge is 2.26. The van der Waals surface area contributed by atoms with Crippen molar-refractivity contribution in [3.8, 4) is 5.75 Å². The fourth-order valence-corrected chi connectivity index (χ4v) is 2.80. The van der Waals surface area contributed by atoms with Crippen LogP contribution >= 0.6 is 0 Å². The van der Waals surface area contributed by atoms with E-state index in [4.69, 9.17) is 5.73 Å². The molecule has 2 aromatic rings. The Morgan fingerprint density at radius 2 is 2.26 bits per heavy atom. The smallest absolute Gasteiger partial charge is 0.136 e. The molecule has 1 aliphatic heterocycles. The van der Waals surface area contributed by atoms with Crippen LogP contribution in [0.1, 0.15) is 13.3 Å². The molecule has 4 heteroatoms. The average Bonchev–Trinajstić information content (AvgIpc) is 2.87. The molecule has 3 rings (SSSR count). The Labute approximate surface area is 112 Å². The van der Waals surface area contributed by atoms with Gasteiger partial charge in [-0.15, -0.1) is 0 Å². The first-order valence-electron chi connectivity index (χ1n) is 6.73. The van der Waals surface area contributed by atoms with Crippen LogP contribution in [0.4, 0.5) is 5.82 Å². The van der Waals surface area contributed by atoms with Gasteiger partial charge >= 0.3 is 0 Å². The van der Waals surface area contributed by atoms with Gasteiger partial charge in [-0.05, 0) is 42.8 Å². The maximum Gasteiger partial charge on any atom is 0.136 e. The molecule has 0 radical (unpaired) electrons. The first-order valence-corrected chi connectivity index (χ1v) is 6.73. The summed E-state index contributed by atoms with van der Waals surface area (Å²) in [4.78, 5) is 6.77. The Bertz CT molecular complexity index is 597. The second-order valence-electron chi connectivity index (χ2n) is 5.39. The summed E-state index contributed by atoms with van der Waals surface area (Å²) in [5, 5.41) is 11.8. The largest absolute Gasteiger partial charge is 0.508 e. The Morgan fingerprint density at radius 1 is 1.42 bits per heavy atom. The van der Waals surface area contributed by atoms with Gasteiger partial charge in [0.25, 0.3) is 0 Å². The summed E-state index contributed by atoms with van der Waals surface area (Å²) in [7, 11) is 0. The van der Waals surface area contributed by atoms with Gasteiger partial charge in [0.05, 0.1) is 0 Å². The van der Waals surface area contributed by atoms with Crippen molar-refractivity contribution in [2.24, 2.45) is 11.7 Å². The number of aromatic nitrogens is 1. The summed E-state index contributed by atoms with van der Waals surface area (Å²) in [6.07, 6.45) is 2.93. The maximum absolute atomic E-state index is 9.67. The van der Waals surface area contributed by atoms with Gasteiger partial charge < -0.3 is 15.7 Å². The van der Waals surface area contributed by atoms with Crippen LogP contribution in [-0.4, -0.2) is 29.2 Å². The van der Waals surface area contributed by atoms with Crippen molar-refractivity contribution in [3.05, 3.63) is 30.5 Å². The summed E-state index contributed by atoms with van der Waals surface area (Å²) < 4.78 is 0. The molecule has 0 spiro atoms. The Hall–Kier alpha value is -1.81. The highest BCUT2D eigenvalue weighted by atomic mass is 16.3. The van der Waals surface area contributed by atoms with Crippen molar-refractivity contribution in [2.45, 2.75) is 19.4 Å². The lowest BCUT2D eigenvalue weighted by Gasteiger charge is -2.20. The molecular weight excluding hydrogens is 238 g/mol. The average molecular weight is 257 g/mol. The van der Waals surface area contributed by atoms with Crippen LogP contribution in [0.3, 0.4) is 0 Å². The minimum atomic E-state index is 0.216. The summed E-state index contributed by atoms with van der Waals surface area (Å²) >= 11 is 0. The molecule has 0 amide bonds. The molecule has 19 heavy (non-hydrogen) atoms. The molecule has 2 unspecified atom stereocenters. The highest BCUT2D eigenvalue weighted by molar-refractivity contribution is 5.93. The Balaban J connectivity index is 1.99. The van der Waals surface area contributed by atoms with Crippen molar-refractivity contribution >= 4 is 16.6 Å². The normalized spacial score (nSPS) is 20.9. The van der Waals surface area contributed by atoms with E-state index >= 15 is 0 Å². The second kappa shape index (κ2) is 4.70. The number of rotatable bonds is 2. The van der Waals surface area contributed by atoms with Crippen LogP contribution in [0.2, 0.25) is 0 Å². The van der Waals surface area contributed by atoms with Crippen LogP contribution in [0, 0.1) is 5.92 Å². The predicted octanol–water partition coefficient (Wildman–Crippen LogP) is 2.11. The molecule has 1 aliphatic rings. The number of nitrogens with zero attached hydrogens (tertiary/aromatic N) is 2. The van der Waals surface area contributed by atoms with Crippen molar-refractivity contribution in [1.82, 2.24) is 4.98 Å². The van der Waals surface area contributed by atoms with Crippen molar-refractivity contribution in [3.63, 3.8) is 0 Å². The van der Waals surface area contributed by atoms with E-state index in [2.05, 4.69) is 16.8 Å². The summed E-state index contributed by atoms with van der Waals surface area (Å²) in [6.45, 7) is 3.99. The quantitative estimate of drug-likeness (QED) is 0.865. The molecule has 3 N–H and O–H groups in total. The number of hydrogen-bond donors (Lipinski definition) is 2. The minimum Gasteiger partial charge on any atom is -0.508 e. The second-order valence-corrected chi connectivity index (χ2v) is 5.39. The lowest BCUT2D eigenvalue weighted by Crippen LogP contribution is -2.30. The number of nitrogens with two attached hydrogens (primary N) is 1. The Morgan fingerprint density at radius 3 is 3.00 bits per heavy atom. The molecule has 100 valence electrons. The molecule has 1 fully saturated rings. The predicted molar refractivity (Wildman–Crippen MR) is 77.4 cm³/mol. The van der Waals surface area contributed by atoms with Crippen molar-refractivity contribution < 1.29 is 5.11 Å². The first-order chi connectivity index (χ1) is 9.15. The molecule has 2 atom stereocenters. The van der Waals surface area contributed by atoms with Gasteiger partial charge in [-0.3, -0.25) is 0 Å². The third-order valence-electron chi connectivity index (χ3n) is 4.00. The fraction of sp³-hybridized carbons (Fsp3) is 0.400. The maximum atomic E-state index is 9.67. The summed E-state index contributed by atoms with van der Waals surface area (Å²) in [5.41, 5.74) is 5.99. The number of phenols is 1. The highest BCUT2D eigenvalue weighted by Crippen LogP contribution is 2.31. The summed E-state index contributed by atoms with van der Waals surface area (Å²) in [6, 6.07) is 7.61. The summed E-state index contributed by atoms with van der Waals surface area (Å²) in [5.74, 6) is 1.76. The van der Waals surface area contributed by atoms with E-state index < -0.39 is 0 Å². The van der Waals surface area contributed by atoms with Gasteiger partial charge in [0, 0.05) is 30.7 Å². The van der Waals surface area contributed by atoms with Crippen molar-refractivity contribution in [2.75, 3.05) is 18.0 Å². The molecular formula is C15H19N3O. The number of benzene rings is 1. The molecule has 1 aromatic carbocycles. The van der Waals surface area contributed by atoms with Gasteiger partial charge in [0.2, 0.25) is 0 Å². The van der Waals surface area contributed by atoms with Gasteiger partial charge in [-0.1, -0.05) is 6.07 Å². The first kappa shape index (κ1) is 12.2. The molecule has 4 nitrogen and oxygen atoms in total. The Kier molecular flexibility index (Phi) is 3.03. The molecule has 0 saturated carbocycles. The van der Waals surface area contributed by atoms with Crippen LogP contribution in [-0.2, 0) is 0 Å². The van der Waals surface area contributed by atoms with Crippen LogP contribution < -0.4 is 10.6 Å². The number of anilines is 1. The number of hydrogen-bond acceptors (Lipinski definition) is 4. The van der Waals surface area contributed by atoms with E-state index in [-0.39, 0.29) is 11.8 Å². The van der Waals surface area contributed by atoms with Gasteiger partial charge in [0.1, 0.15) is 11.6 Å². The zero-order valence-corrected chi connectivity index (χ0v) is 11.1. The number of aromatic hydroxyl groups is 1. The van der Waals surface area contributed by atoms with Crippen LogP contribution in [0.5, 0.6) is 5.75 Å². The number of pyridine rings is 1.